The fraction of sp³-hybridized carbons (Fsp3) is 0.267. The molecule has 1 aromatic heterocycles. The van der Waals surface area contributed by atoms with Crippen LogP contribution in [0.5, 0.6) is 0 Å². The van der Waals surface area contributed by atoms with Crippen molar-refractivity contribution in [3.05, 3.63) is 58.4 Å². The molecule has 0 bridgehead atoms. The average molecular weight is 286 g/mol. The minimum absolute atomic E-state index is 0.0847. The van der Waals surface area contributed by atoms with Gasteiger partial charge in [-0.25, -0.2) is 0 Å². The minimum atomic E-state index is -0.373. The Kier molecular flexibility index (Phi) is 4.71. The van der Waals surface area contributed by atoms with Gasteiger partial charge in [0.15, 0.2) is 0 Å². The maximum atomic E-state index is 11.0. The van der Waals surface area contributed by atoms with E-state index in [0.717, 1.165) is 16.9 Å². The van der Waals surface area contributed by atoms with Crippen molar-refractivity contribution in [2.24, 2.45) is 0 Å². The zero-order chi connectivity index (χ0) is 15.2. The summed E-state index contributed by atoms with van der Waals surface area (Å²) in [7, 11) is 1.90. The summed E-state index contributed by atoms with van der Waals surface area (Å²) in [6.45, 7) is 3.31. The molecule has 6 nitrogen and oxygen atoms in total. The van der Waals surface area contributed by atoms with Gasteiger partial charge in [-0.1, -0.05) is 6.07 Å². The van der Waals surface area contributed by atoms with Gasteiger partial charge in [0.2, 0.25) is 0 Å². The summed E-state index contributed by atoms with van der Waals surface area (Å²) in [4.78, 5) is 16.7. The van der Waals surface area contributed by atoms with E-state index in [1.54, 1.807) is 24.5 Å². The molecule has 1 heterocycles. The van der Waals surface area contributed by atoms with Gasteiger partial charge < -0.3 is 10.2 Å². The predicted molar refractivity (Wildman–Crippen MR) is 83.6 cm³/mol. The Morgan fingerprint density at radius 3 is 2.81 bits per heavy atom. The second kappa shape index (κ2) is 6.69. The number of anilines is 2. The van der Waals surface area contributed by atoms with Crippen molar-refractivity contribution >= 4 is 17.1 Å². The lowest BCUT2D eigenvalue weighted by atomic mass is 10.2. The summed E-state index contributed by atoms with van der Waals surface area (Å²) in [6.07, 6.45) is 3.51. The van der Waals surface area contributed by atoms with Crippen LogP contribution in [-0.2, 0) is 6.54 Å². The summed E-state index contributed by atoms with van der Waals surface area (Å²) < 4.78 is 0. The Morgan fingerprint density at radius 1 is 1.38 bits per heavy atom. The van der Waals surface area contributed by atoms with Crippen molar-refractivity contribution < 1.29 is 4.92 Å². The van der Waals surface area contributed by atoms with Crippen LogP contribution < -0.4 is 10.2 Å². The van der Waals surface area contributed by atoms with Crippen molar-refractivity contribution in [3.8, 4) is 0 Å². The molecule has 0 unspecified atom stereocenters. The van der Waals surface area contributed by atoms with Gasteiger partial charge in [0, 0.05) is 56.0 Å². The van der Waals surface area contributed by atoms with Gasteiger partial charge in [-0.05, 0) is 24.6 Å². The molecule has 2 rings (SSSR count). The SMILES string of the molecule is CCNc1cc(N(C)Cc2cccnc2)cc([N+](=O)[O-])c1. The molecule has 0 saturated carbocycles. The Bertz CT molecular complexity index is 616. The van der Waals surface area contributed by atoms with E-state index in [9.17, 15) is 10.1 Å². The number of nitro groups is 1. The monoisotopic (exact) mass is 286 g/mol. The second-order valence-corrected chi connectivity index (χ2v) is 4.74. The van der Waals surface area contributed by atoms with E-state index in [1.165, 1.54) is 0 Å². The topological polar surface area (TPSA) is 71.3 Å². The highest BCUT2D eigenvalue weighted by molar-refractivity contribution is 5.64. The van der Waals surface area contributed by atoms with Crippen LogP contribution in [0, 0.1) is 10.1 Å². The molecule has 0 aliphatic carbocycles. The highest BCUT2D eigenvalue weighted by Gasteiger charge is 2.12. The maximum Gasteiger partial charge on any atom is 0.273 e. The molecule has 0 radical (unpaired) electrons. The first kappa shape index (κ1) is 14.8. The van der Waals surface area contributed by atoms with E-state index in [-0.39, 0.29) is 10.6 Å². The molecule has 0 fully saturated rings. The zero-order valence-electron chi connectivity index (χ0n) is 12.1. The number of pyridine rings is 1. The maximum absolute atomic E-state index is 11.0. The lowest BCUT2D eigenvalue weighted by molar-refractivity contribution is -0.384. The number of rotatable bonds is 6. The molecule has 1 aromatic carbocycles. The van der Waals surface area contributed by atoms with Gasteiger partial charge in [0.05, 0.1) is 4.92 Å². The van der Waals surface area contributed by atoms with Crippen molar-refractivity contribution in [1.82, 2.24) is 4.98 Å². The van der Waals surface area contributed by atoms with Crippen LogP contribution >= 0.6 is 0 Å². The number of nitrogens with one attached hydrogen (secondary N) is 1. The zero-order valence-corrected chi connectivity index (χ0v) is 12.1. The van der Waals surface area contributed by atoms with Gasteiger partial charge in [0.1, 0.15) is 0 Å². The quantitative estimate of drug-likeness (QED) is 0.652. The summed E-state index contributed by atoms with van der Waals surface area (Å²) in [6, 6.07) is 8.89. The number of hydrogen-bond acceptors (Lipinski definition) is 5. The van der Waals surface area contributed by atoms with Gasteiger partial charge in [-0.15, -0.1) is 0 Å². The Labute approximate surface area is 123 Å². The number of hydrogen-bond donors (Lipinski definition) is 1. The number of non-ortho nitro benzene ring substituents is 1. The van der Waals surface area contributed by atoms with E-state index in [0.29, 0.717) is 13.1 Å². The largest absolute Gasteiger partial charge is 0.385 e. The Balaban J connectivity index is 2.26. The van der Waals surface area contributed by atoms with E-state index >= 15 is 0 Å². The molecule has 0 aliphatic rings. The molecule has 0 saturated heterocycles. The molecule has 2 aromatic rings. The van der Waals surface area contributed by atoms with Crippen molar-refractivity contribution in [3.63, 3.8) is 0 Å². The highest BCUT2D eigenvalue weighted by atomic mass is 16.6. The first-order chi connectivity index (χ1) is 10.1. The summed E-state index contributed by atoms with van der Waals surface area (Å²) >= 11 is 0. The molecule has 0 spiro atoms. The summed E-state index contributed by atoms with van der Waals surface area (Å²) in [5, 5.41) is 14.2. The molecule has 21 heavy (non-hydrogen) atoms. The fourth-order valence-corrected chi connectivity index (χ4v) is 2.08. The van der Waals surface area contributed by atoms with E-state index in [1.807, 2.05) is 37.1 Å². The molecular formula is C15H18N4O2. The number of nitro benzene ring substituents is 1. The van der Waals surface area contributed by atoms with Gasteiger partial charge in [-0.2, -0.15) is 0 Å². The Hall–Kier alpha value is -2.63. The van der Waals surface area contributed by atoms with Crippen LogP contribution in [0.1, 0.15) is 12.5 Å². The van der Waals surface area contributed by atoms with Crippen LogP contribution in [0.4, 0.5) is 17.1 Å². The lowest BCUT2D eigenvalue weighted by Crippen LogP contribution is -2.17. The van der Waals surface area contributed by atoms with Gasteiger partial charge in [-0.3, -0.25) is 15.1 Å². The molecule has 6 heteroatoms. The van der Waals surface area contributed by atoms with Crippen molar-refractivity contribution in [2.45, 2.75) is 13.5 Å². The molecule has 0 atom stereocenters. The normalized spacial score (nSPS) is 10.2. The standard InChI is InChI=1S/C15H18N4O2/c1-3-17-13-7-14(9-15(8-13)19(20)21)18(2)11-12-5-4-6-16-10-12/h4-10,17H,3,11H2,1-2H3. The molecule has 1 N–H and O–H groups in total. The van der Waals surface area contributed by atoms with Crippen LogP contribution in [-0.4, -0.2) is 23.5 Å². The van der Waals surface area contributed by atoms with Gasteiger partial charge in [0.25, 0.3) is 5.69 Å². The number of benzene rings is 1. The summed E-state index contributed by atoms with van der Waals surface area (Å²) in [5.41, 5.74) is 2.68. The number of aromatic nitrogens is 1. The molecule has 110 valence electrons. The average Bonchev–Trinajstić information content (AvgIpc) is 2.48. The smallest absolute Gasteiger partial charge is 0.273 e. The van der Waals surface area contributed by atoms with Crippen LogP contribution in [0.2, 0.25) is 0 Å². The van der Waals surface area contributed by atoms with Crippen LogP contribution in [0.25, 0.3) is 0 Å². The highest BCUT2D eigenvalue weighted by Crippen LogP contribution is 2.27. The first-order valence-corrected chi connectivity index (χ1v) is 6.73. The fourth-order valence-electron chi connectivity index (χ4n) is 2.08. The first-order valence-electron chi connectivity index (χ1n) is 6.73. The van der Waals surface area contributed by atoms with E-state index in [2.05, 4.69) is 10.3 Å². The molecule has 0 amide bonds. The second-order valence-electron chi connectivity index (χ2n) is 4.74. The van der Waals surface area contributed by atoms with E-state index < -0.39 is 0 Å². The Morgan fingerprint density at radius 2 is 2.19 bits per heavy atom. The third-order valence-corrected chi connectivity index (χ3v) is 3.08. The van der Waals surface area contributed by atoms with Crippen molar-refractivity contribution in [1.29, 1.82) is 0 Å². The predicted octanol–water partition coefficient (Wildman–Crippen LogP) is 3.06. The van der Waals surface area contributed by atoms with Gasteiger partial charge >= 0.3 is 0 Å². The van der Waals surface area contributed by atoms with Crippen molar-refractivity contribution in [2.75, 3.05) is 23.8 Å². The molecule has 0 aliphatic heterocycles. The minimum Gasteiger partial charge on any atom is -0.385 e. The van der Waals surface area contributed by atoms with Crippen LogP contribution in [0.3, 0.4) is 0 Å². The van der Waals surface area contributed by atoms with Crippen LogP contribution in [0.15, 0.2) is 42.7 Å². The molecular weight excluding hydrogens is 268 g/mol. The number of nitrogens with zero attached hydrogens (tertiary/aromatic N) is 3. The third-order valence-electron chi connectivity index (χ3n) is 3.08. The third kappa shape index (κ3) is 3.92. The van der Waals surface area contributed by atoms with E-state index in [4.69, 9.17) is 0 Å². The lowest BCUT2D eigenvalue weighted by Gasteiger charge is -2.20. The summed E-state index contributed by atoms with van der Waals surface area (Å²) in [5.74, 6) is 0.